The van der Waals surface area contributed by atoms with Crippen LogP contribution in [0.4, 0.5) is 0 Å². The fourth-order valence-electron chi connectivity index (χ4n) is 1.06. The second-order valence-corrected chi connectivity index (χ2v) is 7.07. The van der Waals surface area contributed by atoms with Gasteiger partial charge < -0.3 is 5.11 Å². The molecule has 1 aliphatic rings. The normalized spacial score (nSPS) is 29.1. The lowest BCUT2D eigenvalue weighted by molar-refractivity contribution is 0.322. The summed E-state index contributed by atoms with van der Waals surface area (Å²) in [7, 11) is 0. The Labute approximate surface area is 98.6 Å². The summed E-state index contributed by atoms with van der Waals surface area (Å²) in [6.45, 7) is 0.314. The summed E-state index contributed by atoms with van der Waals surface area (Å²) in [6, 6.07) is 0. The van der Waals surface area contributed by atoms with E-state index in [0.29, 0.717) is 6.61 Å². The van der Waals surface area contributed by atoms with Crippen LogP contribution in [0.5, 0.6) is 0 Å². The van der Waals surface area contributed by atoms with Gasteiger partial charge in [0.2, 0.25) is 0 Å². The lowest BCUT2D eigenvalue weighted by atomic mass is 10.5. The molecule has 78 valence electrons. The van der Waals surface area contributed by atoms with Crippen molar-refractivity contribution >= 4 is 47.9 Å². The molecule has 0 aromatic carbocycles. The lowest BCUT2D eigenvalue weighted by Gasteiger charge is -2.26. The number of thioether (sulfide) groups is 3. The van der Waals surface area contributed by atoms with Crippen molar-refractivity contribution in [2.24, 2.45) is 0 Å². The summed E-state index contributed by atoms with van der Waals surface area (Å²) in [6.07, 6.45) is 0. The van der Waals surface area contributed by atoms with Crippen molar-refractivity contribution in [3.63, 3.8) is 0 Å². The number of aliphatic hydroxyl groups excluding tert-OH is 1. The van der Waals surface area contributed by atoms with Crippen LogP contribution in [-0.2, 0) is 0 Å². The second kappa shape index (κ2) is 7.63. The Morgan fingerprint density at radius 2 is 2.00 bits per heavy atom. The maximum Gasteiger partial charge on any atom is 0.0521 e. The van der Waals surface area contributed by atoms with Crippen LogP contribution in [0.2, 0.25) is 0 Å². The van der Waals surface area contributed by atoms with E-state index in [1.165, 1.54) is 17.3 Å². The summed E-state index contributed by atoms with van der Waals surface area (Å²) in [5.41, 5.74) is 0. The summed E-state index contributed by atoms with van der Waals surface area (Å²) in [5.74, 6) is 5.59. The van der Waals surface area contributed by atoms with Crippen LogP contribution >= 0.6 is 47.9 Å². The van der Waals surface area contributed by atoms with Gasteiger partial charge in [0, 0.05) is 39.3 Å². The minimum absolute atomic E-state index is 0.314. The number of aliphatic hydroxyl groups is 1. The Kier molecular flexibility index (Phi) is 7.29. The van der Waals surface area contributed by atoms with E-state index >= 15 is 0 Å². The molecule has 0 saturated carbocycles. The SMILES string of the molecule is OCCSCC1CSC(CS)CS1. The first-order valence-electron chi connectivity index (χ1n) is 4.39. The molecule has 1 fully saturated rings. The van der Waals surface area contributed by atoms with Crippen LogP contribution < -0.4 is 0 Å². The second-order valence-electron chi connectivity index (χ2n) is 2.89. The highest BCUT2D eigenvalue weighted by atomic mass is 32.2. The van der Waals surface area contributed by atoms with E-state index < -0.39 is 0 Å². The summed E-state index contributed by atoms with van der Waals surface area (Å²) in [5, 5.41) is 10.2. The van der Waals surface area contributed by atoms with Crippen LogP contribution in [0.25, 0.3) is 0 Å². The zero-order chi connectivity index (χ0) is 9.52. The maximum absolute atomic E-state index is 8.63. The molecule has 2 atom stereocenters. The van der Waals surface area contributed by atoms with Crippen LogP contribution in [-0.4, -0.2) is 51.0 Å². The van der Waals surface area contributed by atoms with E-state index in [1.54, 1.807) is 0 Å². The fourth-order valence-corrected chi connectivity index (χ4v) is 5.74. The van der Waals surface area contributed by atoms with Gasteiger partial charge in [-0.15, -0.1) is 0 Å². The van der Waals surface area contributed by atoms with Gasteiger partial charge in [-0.2, -0.15) is 47.9 Å². The molecule has 1 rings (SSSR count). The fraction of sp³-hybridized carbons (Fsp3) is 1.00. The van der Waals surface area contributed by atoms with Crippen LogP contribution in [0.1, 0.15) is 0 Å². The highest BCUT2D eigenvalue weighted by Crippen LogP contribution is 2.31. The van der Waals surface area contributed by atoms with Gasteiger partial charge in [-0.05, 0) is 0 Å². The molecule has 0 amide bonds. The smallest absolute Gasteiger partial charge is 0.0521 e. The van der Waals surface area contributed by atoms with E-state index in [2.05, 4.69) is 36.2 Å². The molecule has 0 bridgehead atoms. The zero-order valence-corrected chi connectivity index (χ0v) is 10.9. The van der Waals surface area contributed by atoms with Crippen molar-refractivity contribution in [3.05, 3.63) is 0 Å². The first kappa shape index (κ1) is 12.4. The van der Waals surface area contributed by atoms with Gasteiger partial charge in [-0.1, -0.05) is 0 Å². The van der Waals surface area contributed by atoms with Crippen molar-refractivity contribution in [2.75, 3.05) is 35.4 Å². The number of hydrogen-bond acceptors (Lipinski definition) is 5. The Hall–Kier alpha value is 1.36. The average Bonchev–Trinajstić information content (AvgIpc) is 2.19. The van der Waals surface area contributed by atoms with Gasteiger partial charge in [0.25, 0.3) is 0 Å². The first-order chi connectivity index (χ1) is 6.36. The average molecular weight is 256 g/mol. The van der Waals surface area contributed by atoms with Crippen LogP contribution in [0.3, 0.4) is 0 Å². The first-order valence-corrected chi connectivity index (χ1v) is 8.28. The lowest BCUT2D eigenvalue weighted by Crippen LogP contribution is -2.24. The molecular weight excluding hydrogens is 240 g/mol. The van der Waals surface area contributed by atoms with Gasteiger partial charge in [0.05, 0.1) is 6.61 Å². The van der Waals surface area contributed by atoms with Gasteiger partial charge in [0.1, 0.15) is 0 Å². The number of rotatable bonds is 5. The molecule has 5 heteroatoms. The van der Waals surface area contributed by atoms with E-state index in [4.69, 9.17) is 5.11 Å². The summed E-state index contributed by atoms with van der Waals surface area (Å²) < 4.78 is 0. The minimum atomic E-state index is 0.314. The Balaban J connectivity index is 2.03. The molecule has 1 aliphatic heterocycles. The molecule has 2 unspecified atom stereocenters. The molecular formula is C8H16OS4. The van der Waals surface area contributed by atoms with Crippen molar-refractivity contribution < 1.29 is 5.11 Å². The highest BCUT2D eigenvalue weighted by Gasteiger charge is 2.20. The van der Waals surface area contributed by atoms with E-state index in [-0.39, 0.29) is 0 Å². The predicted octanol–water partition coefficient (Wildman–Crippen LogP) is 1.86. The third kappa shape index (κ3) is 5.11. The van der Waals surface area contributed by atoms with Gasteiger partial charge in [-0.25, -0.2) is 0 Å². The molecule has 0 aromatic heterocycles. The van der Waals surface area contributed by atoms with E-state index in [9.17, 15) is 0 Å². The quantitative estimate of drug-likeness (QED) is 0.578. The zero-order valence-electron chi connectivity index (χ0n) is 7.52. The van der Waals surface area contributed by atoms with Crippen molar-refractivity contribution in [1.29, 1.82) is 0 Å². The van der Waals surface area contributed by atoms with Crippen LogP contribution in [0, 0.1) is 0 Å². The summed E-state index contributed by atoms with van der Waals surface area (Å²) in [4.78, 5) is 0. The molecule has 0 radical (unpaired) electrons. The van der Waals surface area contributed by atoms with Crippen molar-refractivity contribution in [3.8, 4) is 0 Å². The topological polar surface area (TPSA) is 20.2 Å². The van der Waals surface area contributed by atoms with Gasteiger partial charge in [0.15, 0.2) is 0 Å². The maximum atomic E-state index is 8.63. The highest BCUT2D eigenvalue weighted by molar-refractivity contribution is 8.08. The standard InChI is InChI=1S/C8H16OS4/c9-1-2-11-4-8-6-12-7(3-10)5-13-8/h7-10H,1-6H2. The molecule has 13 heavy (non-hydrogen) atoms. The van der Waals surface area contributed by atoms with E-state index in [0.717, 1.165) is 22.0 Å². The molecule has 1 heterocycles. The molecule has 1 N–H and O–H groups in total. The van der Waals surface area contributed by atoms with Crippen molar-refractivity contribution in [2.45, 2.75) is 10.5 Å². The largest absolute Gasteiger partial charge is 0.396 e. The Morgan fingerprint density at radius 3 is 2.54 bits per heavy atom. The monoisotopic (exact) mass is 256 g/mol. The minimum Gasteiger partial charge on any atom is -0.396 e. The predicted molar refractivity (Wildman–Crippen MR) is 70.8 cm³/mol. The van der Waals surface area contributed by atoms with Gasteiger partial charge in [-0.3, -0.25) is 0 Å². The van der Waals surface area contributed by atoms with E-state index in [1.807, 2.05) is 11.8 Å². The third-order valence-electron chi connectivity index (χ3n) is 1.78. The molecule has 1 nitrogen and oxygen atoms in total. The molecule has 0 aromatic rings. The van der Waals surface area contributed by atoms with Crippen molar-refractivity contribution in [1.82, 2.24) is 0 Å². The van der Waals surface area contributed by atoms with Crippen LogP contribution in [0.15, 0.2) is 0 Å². The third-order valence-corrected chi connectivity index (χ3v) is 7.01. The number of thiol groups is 1. The molecule has 1 saturated heterocycles. The molecule has 0 aliphatic carbocycles. The number of hydrogen-bond donors (Lipinski definition) is 2. The molecule has 0 spiro atoms. The van der Waals surface area contributed by atoms with Gasteiger partial charge >= 0.3 is 0 Å². The Morgan fingerprint density at radius 1 is 1.31 bits per heavy atom. The summed E-state index contributed by atoms with van der Waals surface area (Å²) >= 11 is 10.3. The Bertz CT molecular complexity index is 123.